The Morgan fingerprint density at radius 2 is 1.55 bits per heavy atom. The number of benzene rings is 1. The van der Waals surface area contributed by atoms with Gasteiger partial charge in [-0.2, -0.15) is 0 Å². The van der Waals surface area contributed by atoms with E-state index in [1.165, 1.54) is 0 Å². The van der Waals surface area contributed by atoms with Gasteiger partial charge >= 0.3 is 0 Å². The highest BCUT2D eigenvalue weighted by molar-refractivity contribution is 5.94. The Labute approximate surface area is 167 Å². The van der Waals surface area contributed by atoms with Crippen LogP contribution in [0.1, 0.15) is 10.5 Å². The molecule has 3 aromatic heterocycles. The number of para-hydroxylation sites is 2. The molecule has 1 aliphatic heterocycles. The van der Waals surface area contributed by atoms with E-state index in [1.54, 1.807) is 12.5 Å². The molecule has 0 spiro atoms. The van der Waals surface area contributed by atoms with E-state index in [0.717, 1.165) is 22.7 Å². The first kappa shape index (κ1) is 17.3. The second kappa shape index (κ2) is 7.31. The number of hydrogen-bond acceptors (Lipinski definition) is 6. The molecule has 4 aromatic rings. The van der Waals surface area contributed by atoms with E-state index in [1.807, 2.05) is 64.3 Å². The molecule has 0 radical (unpaired) electrons. The van der Waals surface area contributed by atoms with Gasteiger partial charge in [0, 0.05) is 44.6 Å². The van der Waals surface area contributed by atoms with E-state index in [0.29, 0.717) is 31.9 Å². The maximum atomic E-state index is 12.9. The number of nitrogens with zero attached hydrogens (tertiary/aromatic N) is 7. The lowest BCUT2D eigenvalue weighted by Gasteiger charge is -2.35. The van der Waals surface area contributed by atoms with Crippen LogP contribution in [0.25, 0.3) is 16.9 Å². The Morgan fingerprint density at radius 1 is 0.828 bits per heavy atom. The third-order valence-electron chi connectivity index (χ3n) is 5.07. The molecule has 0 unspecified atom stereocenters. The molecule has 0 N–H and O–H groups in total. The van der Waals surface area contributed by atoms with Gasteiger partial charge in [-0.1, -0.05) is 12.1 Å². The fourth-order valence-electron chi connectivity index (χ4n) is 3.50. The lowest BCUT2D eigenvalue weighted by atomic mass is 10.2. The van der Waals surface area contributed by atoms with Gasteiger partial charge in [0.15, 0.2) is 0 Å². The van der Waals surface area contributed by atoms with Gasteiger partial charge in [0.1, 0.15) is 23.7 Å². The monoisotopic (exact) mass is 385 g/mol. The van der Waals surface area contributed by atoms with Crippen molar-refractivity contribution in [3.05, 3.63) is 73.1 Å². The highest BCUT2D eigenvalue weighted by Gasteiger charge is 2.24. The Hall–Kier alpha value is -3.81. The summed E-state index contributed by atoms with van der Waals surface area (Å²) in [6.45, 7) is 2.62. The van der Waals surface area contributed by atoms with Gasteiger partial charge in [-0.05, 0) is 24.3 Å². The minimum atomic E-state index is -0.0846. The Kier molecular flexibility index (Phi) is 4.36. The SMILES string of the molecule is O=C(c1cnc2ccccc2n1)N1CCN(c2cc(-n3cccc3)ncn2)CC1. The zero-order valence-corrected chi connectivity index (χ0v) is 15.7. The zero-order chi connectivity index (χ0) is 19.6. The fraction of sp³-hybridized carbons (Fsp3) is 0.190. The molecular weight excluding hydrogens is 366 g/mol. The van der Waals surface area contributed by atoms with Crippen LogP contribution in [-0.2, 0) is 0 Å². The van der Waals surface area contributed by atoms with Gasteiger partial charge in [0.25, 0.3) is 5.91 Å². The van der Waals surface area contributed by atoms with Crippen LogP contribution in [0.3, 0.4) is 0 Å². The Morgan fingerprint density at radius 3 is 2.34 bits per heavy atom. The molecule has 0 bridgehead atoms. The summed E-state index contributed by atoms with van der Waals surface area (Å²) in [7, 11) is 0. The lowest BCUT2D eigenvalue weighted by molar-refractivity contribution is 0.0740. The predicted octanol–water partition coefficient (Wildman–Crippen LogP) is 2.17. The van der Waals surface area contributed by atoms with Crippen molar-refractivity contribution in [2.45, 2.75) is 0 Å². The van der Waals surface area contributed by atoms with E-state index < -0.39 is 0 Å². The smallest absolute Gasteiger partial charge is 0.274 e. The number of anilines is 1. The normalized spacial score (nSPS) is 14.3. The van der Waals surface area contributed by atoms with Gasteiger partial charge < -0.3 is 14.4 Å². The molecule has 8 heteroatoms. The van der Waals surface area contributed by atoms with E-state index in [-0.39, 0.29) is 5.91 Å². The summed E-state index contributed by atoms with van der Waals surface area (Å²) in [5.41, 5.74) is 1.90. The van der Waals surface area contributed by atoms with Crippen molar-refractivity contribution < 1.29 is 4.79 Å². The third-order valence-corrected chi connectivity index (χ3v) is 5.07. The van der Waals surface area contributed by atoms with Crippen molar-refractivity contribution in [3.8, 4) is 5.82 Å². The third kappa shape index (κ3) is 3.40. The summed E-state index contributed by atoms with van der Waals surface area (Å²) in [6, 6.07) is 13.4. The maximum Gasteiger partial charge on any atom is 0.274 e. The number of carbonyl (C=O) groups is 1. The number of fused-ring (bicyclic) bond motifs is 1. The number of rotatable bonds is 3. The maximum absolute atomic E-state index is 12.9. The summed E-state index contributed by atoms with van der Waals surface area (Å²) in [6.07, 6.45) is 7.04. The number of aromatic nitrogens is 5. The molecule has 1 aromatic carbocycles. The van der Waals surface area contributed by atoms with Crippen LogP contribution in [0.5, 0.6) is 0 Å². The molecule has 0 aliphatic carbocycles. The summed E-state index contributed by atoms with van der Waals surface area (Å²) < 4.78 is 1.95. The second-order valence-corrected chi connectivity index (χ2v) is 6.85. The van der Waals surface area contributed by atoms with E-state index in [2.05, 4.69) is 24.8 Å². The van der Waals surface area contributed by atoms with Crippen molar-refractivity contribution in [1.29, 1.82) is 0 Å². The van der Waals surface area contributed by atoms with Crippen LogP contribution in [-0.4, -0.2) is 61.5 Å². The van der Waals surface area contributed by atoms with E-state index >= 15 is 0 Å². The van der Waals surface area contributed by atoms with E-state index in [9.17, 15) is 4.79 Å². The molecule has 8 nitrogen and oxygen atoms in total. The molecule has 5 rings (SSSR count). The molecule has 1 amide bonds. The van der Waals surface area contributed by atoms with Crippen molar-refractivity contribution in [2.24, 2.45) is 0 Å². The molecule has 1 fully saturated rings. The lowest BCUT2D eigenvalue weighted by Crippen LogP contribution is -2.49. The summed E-state index contributed by atoms with van der Waals surface area (Å²) in [5, 5.41) is 0. The topological polar surface area (TPSA) is 80.0 Å². The average molecular weight is 385 g/mol. The minimum Gasteiger partial charge on any atom is -0.353 e. The van der Waals surface area contributed by atoms with Gasteiger partial charge in [0.2, 0.25) is 0 Å². The van der Waals surface area contributed by atoms with Crippen LogP contribution >= 0.6 is 0 Å². The van der Waals surface area contributed by atoms with Gasteiger partial charge in [-0.25, -0.2) is 15.0 Å². The number of amides is 1. The summed E-state index contributed by atoms with van der Waals surface area (Å²) >= 11 is 0. The fourth-order valence-corrected chi connectivity index (χ4v) is 3.50. The number of piperazine rings is 1. The molecule has 1 saturated heterocycles. The first-order valence-corrected chi connectivity index (χ1v) is 9.49. The van der Waals surface area contributed by atoms with Gasteiger partial charge in [-0.3, -0.25) is 9.78 Å². The molecule has 4 heterocycles. The van der Waals surface area contributed by atoms with Gasteiger partial charge in [-0.15, -0.1) is 0 Å². The summed E-state index contributed by atoms with van der Waals surface area (Å²) in [5.74, 6) is 1.60. The highest BCUT2D eigenvalue weighted by Crippen LogP contribution is 2.17. The molecule has 144 valence electrons. The van der Waals surface area contributed by atoms with Crippen LogP contribution in [0, 0.1) is 0 Å². The average Bonchev–Trinajstić information content (AvgIpc) is 3.34. The minimum absolute atomic E-state index is 0.0846. The number of carbonyl (C=O) groups excluding carboxylic acids is 1. The largest absolute Gasteiger partial charge is 0.353 e. The van der Waals surface area contributed by atoms with Crippen molar-refractivity contribution in [2.75, 3.05) is 31.1 Å². The Bertz CT molecular complexity index is 1150. The first-order valence-electron chi connectivity index (χ1n) is 9.49. The zero-order valence-electron chi connectivity index (χ0n) is 15.7. The molecular formula is C21H19N7O. The highest BCUT2D eigenvalue weighted by atomic mass is 16.2. The number of hydrogen-bond donors (Lipinski definition) is 0. The van der Waals surface area contributed by atoms with E-state index in [4.69, 9.17) is 0 Å². The predicted molar refractivity (Wildman–Crippen MR) is 109 cm³/mol. The summed E-state index contributed by atoms with van der Waals surface area (Å²) in [4.78, 5) is 34.4. The first-order chi connectivity index (χ1) is 14.3. The standard InChI is InChI=1S/C21H19N7O/c29-21(18-14-22-16-5-1-2-6-17(16)25-18)28-11-9-27(10-12-28)20-13-19(23-15-24-20)26-7-3-4-8-26/h1-8,13-15H,9-12H2. The second-order valence-electron chi connectivity index (χ2n) is 6.85. The van der Waals surface area contributed by atoms with Crippen molar-refractivity contribution >= 4 is 22.8 Å². The van der Waals surface area contributed by atoms with Gasteiger partial charge in [0.05, 0.1) is 17.2 Å². The quantitative estimate of drug-likeness (QED) is 0.538. The molecule has 29 heavy (non-hydrogen) atoms. The Balaban J connectivity index is 1.28. The van der Waals surface area contributed by atoms with Crippen LogP contribution < -0.4 is 4.90 Å². The van der Waals surface area contributed by atoms with Crippen LogP contribution in [0.2, 0.25) is 0 Å². The molecule has 0 saturated carbocycles. The molecule has 1 aliphatic rings. The van der Waals surface area contributed by atoms with Crippen molar-refractivity contribution in [1.82, 2.24) is 29.4 Å². The van der Waals surface area contributed by atoms with Crippen LogP contribution in [0.15, 0.2) is 67.4 Å². The van der Waals surface area contributed by atoms with Crippen LogP contribution in [0.4, 0.5) is 5.82 Å². The molecule has 0 atom stereocenters. The van der Waals surface area contributed by atoms with Crippen molar-refractivity contribution in [3.63, 3.8) is 0 Å².